The Bertz CT molecular complexity index is 990. The fourth-order valence-electron chi connectivity index (χ4n) is 4.18. The van der Waals surface area contributed by atoms with Gasteiger partial charge in [0.05, 0.1) is 0 Å². The fourth-order valence-corrected chi connectivity index (χ4v) is 4.18. The number of aryl methyl sites for hydroxylation is 3. The first-order valence-corrected chi connectivity index (χ1v) is 10.2. The summed E-state index contributed by atoms with van der Waals surface area (Å²) >= 11 is 0. The van der Waals surface area contributed by atoms with Gasteiger partial charge in [0.1, 0.15) is 0 Å². The van der Waals surface area contributed by atoms with E-state index in [1.807, 2.05) is 0 Å². The molecule has 0 aromatic heterocycles. The molecule has 3 N–H and O–H groups in total. The predicted octanol–water partition coefficient (Wildman–Crippen LogP) is 6.32. The Morgan fingerprint density at radius 3 is 2.39 bits per heavy atom. The topological polar surface area (TPSA) is 38.0 Å². The van der Waals surface area contributed by atoms with Crippen LogP contribution in [0.5, 0.6) is 0 Å². The average Bonchev–Trinajstić information content (AvgIpc) is 2.67. The molecule has 146 valence electrons. The number of fused-ring (bicyclic) bond motifs is 1. The molecule has 1 aliphatic heterocycles. The molecule has 2 aromatic rings. The standard InChI is InChI=1S/C26H32N2/c1-7-9-23-18(5)19(6)28-26-17(4)15-20(8-2)24(25(23)26)22-11-10-21(12-13-27)16(3)14-22/h7,9-11,14-15,28H,6,8,12-13,27H2,1-5H3/b9-7-. The van der Waals surface area contributed by atoms with E-state index in [4.69, 9.17) is 5.73 Å². The Morgan fingerprint density at radius 1 is 1.04 bits per heavy atom. The summed E-state index contributed by atoms with van der Waals surface area (Å²) in [5.41, 5.74) is 19.6. The molecule has 2 nitrogen and oxygen atoms in total. The minimum absolute atomic E-state index is 0.680. The first kappa shape index (κ1) is 20.2. The van der Waals surface area contributed by atoms with Crippen LogP contribution in [-0.2, 0) is 12.8 Å². The molecule has 2 aromatic carbocycles. The van der Waals surface area contributed by atoms with Gasteiger partial charge in [-0.1, -0.05) is 49.9 Å². The van der Waals surface area contributed by atoms with Crippen LogP contribution in [-0.4, -0.2) is 6.54 Å². The van der Waals surface area contributed by atoms with E-state index in [-0.39, 0.29) is 0 Å². The third-order valence-electron chi connectivity index (χ3n) is 5.77. The first-order chi connectivity index (χ1) is 13.4. The highest BCUT2D eigenvalue weighted by molar-refractivity contribution is 5.99. The Morgan fingerprint density at radius 2 is 1.79 bits per heavy atom. The van der Waals surface area contributed by atoms with Crippen molar-refractivity contribution in [3.05, 3.63) is 82.1 Å². The number of benzene rings is 2. The number of allylic oxidation sites excluding steroid dienone is 4. The average molecular weight is 373 g/mol. The minimum Gasteiger partial charge on any atom is -0.355 e. The largest absolute Gasteiger partial charge is 0.355 e. The second kappa shape index (κ2) is 8.20. The van der Waals surface area contributed by atoms with Gasteiger partial charge in [-0.15, -0.1) is 0 Å². The van der Waals surface area contributed by atoms with Crippen LogP contribution in [0.3, 0.4) is 0 Å². The molecule has 0 saturated heterocycles. The molecule has 0 amide bonds. The molecule has 0 spiro atoms. The molecule has 0 radical (unpaired) electrons. The van der Waals surface area contributed by atoms with Gasteiger partial charge in [-0.25, -0.2) is 0 Å². The summed E-state index contributed by atoms with van der Waals surface area (Å²) in [6.07, 6.45) is 6.26. The zero-order valence-electron chi connectivity index (χ0n) is 17.9. The molecule has 0 fully saturated rings. The van der Waals surface area contributed by atoms with E-state index in [1.54, 1.807) is 0 Å². The SMILES string of the molecule is C=C1Nc2c(C)cc(CC)c(-c3ccc(CCN)c(C)c3)c2C(/C=C\C)=C1C. The van der Waals surface area contributed by atoms with E-state index in [2.05, 4.69) is 82.9 Å². The highest BCUT2D eigenvalue weighted by Crippen LogP contribution is 2.45. The highest BCUT2D eigenvalue weighted by Gasteiger charge is 2.25. The molecule has 0 atom stereocenters. The summed E-state index contributed by atoms with van der Waals surface area (Å²) in [4.78, 5) is 0. The summed E-state index contributed by atoms with van der Waals surface area (Å²) in [5.74, 6) is 0. The van der Waals surface area contributed by atoms with Crippen molar-refractivity contribution in [1.82, 2.24) is 0 Å². The van der Waals surface area contributed by atoms with Gasteiger partial charge in [0.25, 0.3) is 0 Å². The van der Waals surface area contributed by atoms with Gasteiger partial charge >= 0.3 is 0 Å². The zero-order chi connectivity index (χ0) is 20.4. The Kier molecular flexibility index (Phi) is 5.90. The van der Waals surface area contributed by atoms with Crippen molar-refractivity contribution < 1.29 is 0 Å². The van der Waals surface area contributed by atoms with Gasteiger partial charge < -0.3 is 11.1 Å². The molecule has 0 unspecified atom stereocenters. The lowest BCUT2D eigenvalue weighted by atomic mass is 9.81. The van der Waals surface area contributed by atoms with Crippen LogP contribution in [0.4, 0.5) is 5.69 Å². The number of nitrogens with one attached hydrogen (secondary N) is 1. The van der Waals surface area contributed by atoms with Crippen molar-refractivity contribution >= 4 is 11.3 Å². The number of nitrogens with two attached hydrogens (primary N) is 1. The molecule has 1 heterocycles. The summed E-state index contributed by atoms with van der Waals surface area (Å²) in [5, 5.41) is 3.57. The second-order valence-corrected chi connectivity index (χ2v) is 7.65. The number of hydrogen-bond acceptors (Lipinski definition) is 2. The third-order valence-corrected chi connectivity index (χ3v) is 5.77. The lowest BCUT2D eigenvalue weighted by molar-refractivity contribution is 0.958. The van der Waals surface area contributed by atoms with Crippen LogP contribution < -0.4 is 11.1 Å². The van der Waals surface area contributed by atoms with E-state index >= 15 is 0 Å². The van der Waals surface area contributed by atoms with Crippen molar-refractivity contribution in [2.45, 2.75) is 47.5 Å². The number of hydrogen-bond donors (Lipinski definition) is 2. The Hall–Kier alpha value is -2.58. The summed E-state index contributed by atoms with van der Waals surface area (Å²) < 4.78 is 0. The minimum atomic E-state index is 0.680. The molecule has 0 saturated carbocycles. The van der Waals surface area contributed by atoms with Gasteiger partial charge in [-0.2, -0.15) is 0 Å². The quantitative estimate of drug-likeness (QED) is 0.644. The lowest BCUT2D eigenvalue weighted by Gasteiger charge is -2.29. The monoisotopic (exact) mass is 372 g/mol. The van der Waals surface area contributed by atoms with Crippen molar-refractivity contribution in [1.29, 1.82) is 0 Å². The van der Waals surface area contributed by atoms with E-state index in [0.717, 1.165) is 18.5 Å². The molecule has 0 bridgehead atoms. The molecule has 3 rings (SSSR count). The maximum atomic E-state index is 5.78. The van der Waals surface area contributed by atoms with Gasteiger partial charge in [-0.05, 0) is 91.6 Å². The Balaban J connectivity index is 2.36. The van der Waals surface area contributed by atoms with Crippen LogP contribution >= 0.6 is 0 Å². The summed E-state index contributed by atoms with van der Waals surface area (Å²) in [6, 6.07) is 9.14. The summed E-state index contributed by atoms with van der Waals surface area (Å²) in [6.45, 7) is 15.8. The van der Waals surface area contributed by atoms with Gasteiger partial charge in [0, 0.05) is 16.9 Å². The Labute approximate surface area is 169 Å². The highest BCUT2D eigenvalue weighted by atomic mass is 14.9. The van der Waals surface area contributed by atoms with Gasteiger partial charge in [0.15, 0.2) is 0 Å². The number of anilines is 1. The lowest BCUT2D eigenvalue weighted by Crippen LogP contribution is -2.13. The number of rotatable bonds is 5. The predicted molar refractivity (Wildman–Crippen MR) is 124 cm³/mol. The van der Waals surface area contributed by atoms with Gasteiger partial charge in [-0.3, -0.25) is 0 Å². The first-order valence-electron chi connectivity index (χ1n) is 10.2. The van der Waals surface area contributed by atoms with E-state index < -0.39 is 0 Å². The van der Waals surface area contributed by atoms with E-state index in [0.29, 0.717) is 6.54 Å². The summed E-state index contributed by atoms with van der Waals surface area (Å²) in [7, 11) is 0. The molecule has 1 aliphatic rings. The van der Waals surface area contributed by atoms with E-state index in [9.17, 15) is 0 Å². The van der Waals surface area contributed by atoms with Crippen molar-refractivity contribution in [2.24, 2.45) is 5.73 Å². The van der Waals surface area contributed by atoms with Crippen LogP contribution in [0.15, 0.2) is 54.3 Å². The zero-order valence-corrected chi connectivity index (χ0v) is 17.9. The van der Waals surface area contributed by atoms with Gasteiger partial charge in [0.2, 0.25) is 0 Å². The third kappa shape index (κ3) is 3.45. The van der Waals surface area contributed by atoms with Crippen LogP contribution in [0.1, 0.15) is 48.6 Å². The normalized spacial score (nSPS) is 13.9. The van der Waals surface area contributed by atoms with E-state index in [1.165, 1.54) is 55.8 Å². The molecule has 2 heteroatoms. The van der Waals surface area contributed by atoms with Crippen molar-refractivity contribution in [2.75, 3.05) is 11.9 Å². The molecular formula is C26H32N2. The van der Waals surface area contributed by atoms with Crippen molar-refractivity contribution in [3.63, 3.8) is 0 Å². The molecule has 28 heavy (non-hydrogen) atoms. The second-order valence-electron chi connectivity index (χ2n) is 7.65. The van der Waals surface area contributed by atoms with Crippen molar-refractivity contribution in [3.8, 4) is 11.1 Å². The maximum Gasteiger partial charge on any atom is 0.0500 e. The van der Waals surface area contributed by atoms with Crippen LogP contribution in [0.25, 0.3) is 16.7 Å². The molecule has 0 aliphatic carbocycles. The molecular weight excluding hydrogens is 340 g/mol. The van der Waals surface area contributed by atoms with Crippen LogP contribution in [0.2, 0.25) is 0 Å². The fraction of sp³-hybridized carbons (Fsp3) is 0.308. The smallest absolute Gasteiger partial charge is 0.0500 e. The van der Waals surface area contributed by atoms with Crippen LogP contribution in [0, 0.1) is 13.8 Å². The maximum absolute atomic E-state index is 5.78.